The van der Waals surface area contributed by atoms with Crippen LogP contribution in [0.5, 0.6) is 0 Å². The largest absolute Gasteiger partial charge is 0.293 e. The first kappa shape index (κ1) is 13.3. The smallest absolute Gasteiger partial charge is 0.178 e. The van der Waals surface area contributed by atoms with Crippen molar-refractivity contribution in [1.29, 1.82) is 0 Å². The number of carbonyl (C=O) groups is 1. The van der Waals surface area contributed by atoms with Gasteiger partial charge in [-0.2, -0.15) is 0 Å². The Morgan fingerprint density at radius 3 is 1.90 bits per heavy atom. The highest BCUT2D eigenvalue weighted by molar-refractivity contribution is 5.94. The van der Waals surface area contributed by atoms with Crippen molar-refractivity contribution in [2.75, 3.05) is 0 Å². The highest BCUT2D eigenvalue weighted by atomic mass is 16.1. The van der Waals surface area contributed by atoms with E-state index in [0.717, 1.165) is 22.4 Å². The summed E-state index contributed by atoms with van der Waals surface area (Å²) in [5, 5.41) is 0. The SMILES string of the molecule is CC(=O)c1ccc(-c2ccccc2)c(-c2ccccc2)n1. The molecule has 0 N–H and O–H groups in total. The third kappa shape index (κ3) is 2.75. The van der Waals surface area contributed by atoms with Gasteiger partial charge in [0.1, 0.15) is 5.69 Å². The molecule has 1 aromatic heterocycles. The number of aromatic nitrogens is 1. The average molecular weight is 273 g/mol. The van der Waals surface area contributed by atoms with Crippen LogP contribution < -0.4 is 0 Å². The minimum Gasteiger partial charge on any atom is -0.293 e. The number of carbonyl (C=O) groups excluding carboxylic acids is 1. The average Bonchev–Trinajstić information content (AvgIpc) is 2.56. The van der Waals surface area contributed by atoms with E-state index < -0.39 is 0 Å². The lowest BCUT2D eigenvalue weighted by atomic mass is 9.98. The first-order valence-corrected chi connectivity index (χ1v) is 6.88. The van der Waals surface area contributed by atoms with E-state index in [9.17, 15) is 4.79 Å². The van der Waals surface area contributed by atoms with Crippen molar-refractivity contribution in [1.82, 2.24) is 4.98 Å². The van der Waals surface area contributed by atoms with E-state index in [1.54, 1.807) is 13.0 Å². The van der Waals surface area contributed by atoms with Crippen LogP contribution in [0.2, 0.25) is 0 Å². The molecule has 0 saturated carbocycles. The molecule has 1 heterocycles. The maximum absolute atomic E-state index is 11.6. The Bertz CT molecular complexity index is 764. The maximum atomic E-state index is 11.6. The summed E-state index contributed by atoms with van der Waals surface area (Å²) in [5.41, 5.74) is 4.48. The third-order valence-electron chi connectivity index (χ3n) is 3.39. The van der Waals surface area contributed by atoms with E-state index >= 15 is 0 Å². The summed E-state index contributed by atoms with van der Waals surface area (Å²) in [6.07, 6.45) is 0. The second kappa shape index (κ2) is 5.71. The molecule has 0 aliphatic rings. The zero-order valence-corrected chi connectivity index (χ0v) is 11.8. The summed E-state index contributed by atoms with van der Waals surface area (Å²) < 4.78 is 0. The standard InChI is InChI=1S/C19H15NO/c1-14(21)18-13-12-17(15-8-4-2-5-9-15)19(20-18)16-10-6-3-7-11-16/h2-13H,1H3. The van der Waals surface area contributed by atoms with Gasteiger partial charge < -0.3 is 0 Å². The predicted octanol–water partition coefficient (Wildman–Crippen LogP) is 4.62. The molecule has 0 unspecified atom stereocenters. The molecular weight excluding hydrogens is 258 g/mol. The molecule has 0 fully saturated rings. The third-order valence-corrected chi connectivity index (χ3v) is 3.39. The van der Waals surface area contributed by atoms with Gasteiger partial charge in [-0.3, -0.25) is 4.79 Å². The predicted molar refractivity (Wildman–Crippen MR) is 85.1 cm³/mol. The van der Waals surface area contributed by atoms with Crippen LogP contribution in [-0.2, 0) is 0 Å². The van der Waals surface area contributed by atoms with Crippen LogP contribution in [0.25, 0.3) is 22.4 Å². The van der Waals surface area contributed by atoms with Crippen molar-refractivity contribution in [3.63, 3.8) is 0 Å². The van der Waals surface area contributed by atoms with Crippen molar-refractivity contribution in [3.8, 4) is 22.4 Å². The maximum Gasteiger partial charge on any atom is 0.178 e. The zero-order valence-electron chi connectivity index (χ0n) is 11.8. The molecule has 0 radical (unpaired) electrons. The minimum atomic E-state index is -0.0215. The fraction of sp³-hybridized carbons (Fsp3) is 0.0526. The molecule has 3 aromatic rings. The van der Waals surface area contributed by atoms with Crippen molar-refractivity contribution in [3.05, 3.63) is 78.5 Å². The molecule has 3 rings (SSSR count). The monoisotopic (exact) mass is 273 g/mol. The van der Waals surface area contributed by atoms with Gasteiger partial charge in [0.2, 0.25) is 0 Å². The summed E-state index contributed by atoms with van der Waals surface area (Å²) in [6.45, 7) is 1.54. The van der Waals surface area contributed by atoms with Crippen LogP contribution in [0.3, 0.4) is 0 Å². The molecule has 21 heavy (non-hydrogen) atoms. The molecule has 0 saturated heterocycles. The van der Waals surface area contributed by atoms with Gasteiger partial charge in [0, 0.05) is 18.1 Å². The molecule has 0 aliphatic heterocycles. The summed E-state index contributed by atoms with van der Waals surface area (Å²) in [5.74, 6) is -0.0215. The fourth-order valence-electron chi connectivity index (χ4n) is 2.32. The van der Waals surface area contributed by atoms with Gasteiger partial charge in [-0.1, -0.05) is 60.7 Å². The van der Waals surface area contributed by atoms with E-state index in [4.69, 9.17) is 0 Å². The summed E-state index contributed by atoms with van der Waals surface area (Å²) in [7, 11) is 0. The minimum absolute atomic E-state index is 0.0215. The molecule has 0 amide bonds. The van der Waals surface area contributed by atoms with Crippen LogP contribution in [0.1, 0.15) is 17.4 Å². The van der Waals surface area contributed by atoms with Crippen LogP contribution in [0.15, 0.2) is 72.8 Å². The normalized spacial score (nSPS) is 10.3. The fourth-order valence-corrected chi connectivity index (χ4v) is 2.32. The van der Waals surface area contributed by atoms with E-state index in [2.05, 4.69) is 17.1 Å². The quantitative estimate of drug-likeness (QED) is 0.652. The molecule has 2 aromatic carbocycles. The van der Waals surface area contributed by atoms with E-state index in [-0.39, 0.29) is 5.78 Å². The Morgan fingerprint density at radius 2 is 1.33 bits per heavy atom. The molecule has 2 nitrogen and oxygen atoms in total. The van der Waals surface area contributed by atoms with Gasteiger partial charge >= 0.3 is 0 Å². The van der Waals surface area contributed by atoms with E-state index in [1.807, 2.05) is 54.6 Å². The van der Waals surface area contributed by atoms with Crippen molar-refractivity contribution in [2.45, 2.75) is 6.92 Å². The van der Waals surface area contributed by atoms with E-state index in [0.29, 0.717) is 5.69 Å². The van der Waals surface area contributed by atoms with Crippen molar-refractivity contribution >= 4 is 5.78 Å². The van der Waals surface area contributed by atoms with Crippen LogP contribution in [-0.4, -0.2) is 10.8 Å². The van der Waals surface area contributed by atoms with Gasteiger partial charge in [0.25, 0.3) is 0 Å². The van der Waals surface area contributed by atoms with Gasteiger partial charge in [-0.25, -0.2) is 4.98 Å². The number of nitrogens with zero attached hydrogens (tertiary/aromatic N) is 1. The lowest BCUT2D eigenvalue weighted by Crippen LogP contribution is -1.99. The number of hydrogen-bond acceptors (Lipinski definition) is 2. The number of benzene rings is 2. The molecule has 0 atom stereocenters. The van der Waals surface area contributed by atoms with Crippen LogP contribution in [0, 0.1) is 0 Å². The summed E-state index contributed by atoms with van der Waals surface area (Å²) >= 11 is 0. The second-order valence-electron chi connectivity index (χ2n) is 4.88. The number of ketones is 1. The molecule has 0 spiro atoms. The highest BCUT2D eigenvalue weighted by Crippen LogP contribution is 2.30. The summed E-state index contributed by atoms with van der Waals surface area (Å²) in [6, 6.07) is 23.8. The Balaban J connectivity index is 2.23. The lowest BCUT2D eigenvalue weighted by molar-refractivity contribution is 0.101. The highest BCUT2D eigenvalue weighted by Gasteiger charge is 2.11. The van der Waals surface area contributed by atoms with Gasteiger partial charge in [0.15, 0.2) is 5.78 Å². The molecule has 2 heteroatoms. The Kier molecular flexibility index (Phi) is 3.61. The van der Waals surface area contributed by atoms with Crippen LogP contribution >= 0.6 is 0 Å². The first-order chi connectivity index (χ1) is 10.3. The molecular formula is C19H15NO. The topological polar surface area (TPSA) is 30.0 Å². The molecule has 0 aliphatic carbocycles. The summed E-state index contributed by atoms with van der Waals surface area (Å²) in [4.78, 5) is 16.2. The van der Waals surface area contributed by atoms with Crippen LogP contribution in [0.4, 0.5) is 0 Å². The number of Topliss-reactive ketones (excluding diaryl/α,β-unsaturated/α-hetero) is 1. The van der Waals surface area contributed by atoms with Gasteiger partial charge in [-0.15, -0.1) is 0 Å². The second-order valence-corrected chi connectivity index (χ2v) is 4.88. The molecule has 102 valence electrons. The molecule has 0 bridgehead atoms. The van der Waals surface area contributed by atoms with Gasteiger partial charge in [0.05, 0.1) is 5.69 Å². The van der Waals surface area contributed by atoms with E-state index in [1.165, 1.54) is 0 Å². The number of hydrogen-bond donors (Lipinski definition) is 0. The Hall–Kier alpha value is -2.74. The number of rotatable bonds is 3. The Morgan fingerprint density at radius 1 is 0.762 bits per heavy atom. The number of pyridine rings is 1. The Labute approximate surface area is 124 Å². The van der Waals surface area contributed by atoms with Crippen molar-refractivity contribution < 1.29 is 4.79 Å². The zero-order chi connectivity index (χ0) is 14.7. The van der Waals surface area contributed by atoms with Gasteiger partial charge in [-0.05, 0) is 17.7 Å². The van der Waals surface area contributed by atoms with Crippen molar-refractivity contribution in [2.24, 2.45) is 0 Å². The first-order valence-electron chi connectivity index (χ1n) is 6.88. The lowest BCUT2D eigenvalue weighted by Gasteiger charge is -2.10.